The normalized spacial score (nSPS) is 9.62. The number of nitrogens with zero attached hydrogens (tertiary/aromatic N) is 1. The average Bonchev–Trinajstić information content (AvgIpc) is 2.19. The van der Waals surface area contributed by atoms with Crippen LogP contribution in [0.2, 0.25) is 0 Å². The lowest BCUT2D eigenvalue weighted by Crippen LogP contribution is -2.04. The van der Waals surface area contributed by atoms with E-state index in [0.29, 0.717) is 6.54 Å². The lowest BCUT2D eigenvalue weighted by atomic mass is 10.4. The fourth-order valence-electron chi connectivity index (χ4n) is 0.405. The van der Waals surface area contributed by atoms with Crippen LogP contribution in [-0.2, 0) is 6.54 Å². The van der Waals surface area contributed by atoms with Gasteiger partial charge in [-0.05, 0) is 17.1 Å². The van der Waals surface area contributed by atoms with Crippen LogP contribution in [0.5, 0.6) is 0 Å². The molecule has 44 valence electrons. The smallest absolute Gasteiger partial charge is 0.0482 e. The van der Waals surface area contributed by atoms with E-state index < -0.39 is 0 Å². The highest BCUT2D eigenvalue weighted by Gasteiger charge is 1.88. The van der Waals surface area contributed by atoms with E-state index in [2.05, 4.69) is 4.37 Å². The van der Waals surface area contributed by atoms with Gasteiger partial charge in [0, 0.05) is 18.1 Å². The number of aromatic nitrogens is 1. The fourth-order valence-corrected chi connectivity index (χ4v) is 0.942. The van der Waals surface area contributed by atoms with Crippen LogP contribution in [0.4, 0.5) is 0 Å². The van der Waals surface area contributed by atoms with Gasteiger partial charge in [0.05, 0.1) is 0 Å². The highest BCUT2D eigenvalue weighted by molar-refractivity contribution is 7.03. The summed E-state index contributed by atoms with van der Waals surface area (Å²) in [7, 11) is 0. The first kappa shape index (κ1) is 5.68. The van der Waals surface area contributed by atoms with Gasteiger partial charge in [-0.25, -0.2) is 9.85 Å². The van der Waals surface area contributed by atoms with Crippen molar-refractivity contribution in [2.45, 2.75) is 6.54 Å². The molecule has 0 fully saturated rings. The molecule has 0 amide bonds. The third-order valence-electron chi connectivity index (χ3n) is 0.767. The van der Waals surface area contributed by atoms with E-state index >= 15 is 0 Å². The summed E-state index contributed by atoms with van der Waals surface area (Å²) in [5.41, 5.74) is 3.05. The lowest BCUT2D eigenvalue weighted by Gasteiger charge is -1.87. The molecule has 4 heteroatoms. The lowest BCUT2D eigenvalue weighted by molar-refractivity contribution is 0.161. The maximum Gasteiger partial charge on any atom is 0.0482 e. The van der Waals surface area contributed by atoms with Crippen LogP contribution in [0, 0.1) is 0 Å². The van der Waals surface area contributed by atoms with Gasteiger partial charge in [0.25, 0.3) is 0 Å². The van der Waals surface area contributed by atoms with Crippen molar-refractivity contribution >= 4 is 11.5 Å². The Morgan fingerprint density at radius 3 is 3.25 bits per heavy atom. The number of hydrogen-bond donors (Lipinski definition) is 2. The Morgan fingerprint density at radius 2 is 2.75 bits per heavy atom. The first-order valence-electron chi connectivity index (χ1n) is 2.18. The van der Waals surface area contributed by atoms with Crippen LogP contribution in [-0.4, -0.2) is 9.58 Å². The van der Waals surface area contributed by atoms with Gasteiger partial charge in [0.1, 0.15) is 0 Å². The Morgan fingerprint density at radius 1 is 1.88 bits per heavy atom. The van der Waals surface area contributed by atoms with Crippen LogP contribution >= 0.6 is 11.5 Å². The van der Waals surface area contributed by atoms with E-state index in [1.54, 1.807) is 6.20 Å². The zero-order valence-corrected chi connectivity index (χ0v) is 4.98. The van der Waals surface area contributed by atoms with Crippen molar-refractivity contribution in [3.63, 3.8) is 0 Å². The van der Waals surface area contributed by atoms with Gasteiger partial charge in [-0.2, -0.15) is 0 Å². The van der Waals surface area contributed by atoms with E-state index in [1.165, 1.54) is 11.5 Å². The maximum atomic E-state index is 8.16. The topological polar surface area (TPSA) is 45.1 Å². The fraction of sp³-hybridized carbons (Fsp3) is 0.250. The van der Waals surface area contributed by atoms with Gasteiger partial charge >= 0.3 is 0 Å². The molecule has 0 bridgehead atoms. The standard InChI is InChI=1S/C4H6N2OS/c7-5-1-4-2-6-8-3-4/h2-3,5,7H,1H2. The van der Waals surface area contributed by atoms with E-state index in [0.717, 1.165) is 5.56 Å². The summed E-state index contributed by atoms with van der Waals surface area (Å²) in [5.74, 6) is 0. The summed E-state index contributed by atoms with van der Waals surface area (Å²) < 4.78 is 3.83. The molecule has 0 unspecified atom stereocenters. The quantitative estimate of drug-likeness (QED) is 0.577. The zero-order valence-electron chi connectivity index (χ0n) is 4.16. The number of hydrogen-bond acceptors (Lipinski definition) is 4. The predicted molar refractivity (Wildman–Crippen MR) is 30.7 cm³/mol. The van der Waals surface area contributed by atoms with E-state index in [9.17, 15) is 0 Å². The predicted octanol–water partition coefficient (Wildman–Crippen LogP) is 0.622. The molecule has 0 radical (unpaired) electrons. The summed E-state index contributed by atoms with van der Waals surface area (Å²) in [6.45, 7) is 0.483. The molecular formula is C4H6N2OS. The van der Waals surface area contributed by atoms with E-state index in [1.807, 2.05) is 10.9 Å². The molecule has 0 aliphatic carbocycles. The first-order valence-corrected chi connectivity index (χ1v) is 3.02. The van der Waals surface area contributed by atoms with Crippen molar-refractivity contribution < 1.29 is 5.21 Å². The minimum Gasteiger partial charge on any atom is -0.316 e. The van der Waals surface area contributed by atoms with Crippen LogP contribution in [0.15, 0.2) is 11.6 Å². The zero-order chi connectivity index (χ0) is 5.82. The molecule has 0 spiro atoms. The summed E-state index contributed by atoms with van der Waals surface area (Å²) >= 11 is 1.38. The van der Waals surface area contributed by atoms with Crippen molar-refractivity contribution in [1.29, 1.82) is 0 Å². The van der Waals surface area contributed by atoms with Crippen LogP contribution < -0.4 is 5.48 Å². The molecule has 0 aliphatic heterocycles. The second kappa shape index (κ2) is 2.76. The molecule has 1 aromatic rings. The van der Waals surface area contributed by atoms with E-state index in [-0.39, 0.29) is 0 Å². The van der Waals surface area contributed by atoms with Crippen molar-refractivity contribution in [2.24, 2.45) is 0 Å². The average molecular weight is 130 g/mol. The van der Waals surface area contributed by atoms with Crippen molar-refractivity contribution in [2.75, 3.05) is 0 Å². The Balaban J connectivity index is 2.50. The van der Waals surface area contributed by atoms with Crippen molar-refractivity contribution in [3.8, 4) is 0 Å². The van der Waals surface area contributed by atoms with Crippen LogP contribution in [0.1, 0.15) is 5.56 Å². The third kappa shape index (κ3) is 1.26. The molecule has 0 saturated carbocycles. The Labute approximate surface area is 51.1 Å². The second-order valence-electron chi connectivity index (χ2n) is 1.37. The molecule has 0 aromatic carbocycles. The molecular weight excluding hydrogens is 124 g/mol. The minimum atomic E-state index is 0.483. The number of nitrogens with one attached hydrogen (secondary N) is 1. The van der Waals surface area contributed by atoms with Crippen molar-refractivity contribution in [1.82, 2.24) is 9.85 Å². The molecule has 0 saturated heterocycles. The third-order valence-corrected chi connectivity index (χ3v) is 1.40. The highest BCUT2D eigenvalue weighted by atomic mass is 32.1. The molecule has 0 aliphatic rings. The molecule has 2 N–H and O–H groups in total. The molecule has 0 atom stereocenters. The largest absolute Gasteiger partial charge is 0.316 e. The molecule has 1 heterocycles. The van der Waals surface area contributed by atoms with Crippen molar-refractivity contribution in [3.05, 3.63) is 17.1 Å². The summed E-state index contributed by atoms with van der Waals surface area (Å²) in [4.78, 5) is 0. The Bertz CT molecular complexity index is 140. The van der Waals surface area contributed by atoms with Gasteiger partial charge < -0.3 is 5.21 Å². The van der Waals surface area contributed by atoms with Gasteiger partial charge in [-0.3, -0.25) is 0 Å². The molecule has 3 nitrogen and oxygen atoms in total. The number of rotatable bonds is 2. The van der Waals surface area contributed by atoms with E-state index in [4.69, 9.17) is 5.21 Å². The second-order valence-corrected chi connectivity index (χ2v) is 2.02. The van der Waals surface area contributed by atoms with Gasteiger partial charge in [0.15, 0.2) is 0 Å². The molecule has 1 aromatic heterocycles. The first-order chi connectivity index (χ1) is 3.93. The number of hydroxylamine groups is 1. The Kier molecular flexibility index (Phi) is 1.96. The summed E-state index contributed by atoms with van der Waals surface area (Å²) in [5, 5.41) is 10.0. The van der Waals surface area contributed by atoms with Gasteiger partial charge in [-0.15, -0.1) is 0 Å². The molecule has 1 rings (SSSR count). The minimum absolute atomic E-state index is 0.483. The van der Waals surface area contributed by atoms with Crippen LogP contribution in [0.25, 0.3) is 0 Å². The highest BCUT2D eigenvalue weighted by Crippen LogP contribution is 1.99. The monoisotopic (exact) mass is 130 g/mol. The van der Waals surface area contributed by atoms with Gasteiger partial charge in [0.2, 0.25) is 0 Å². The van der Waals surface area contributed by atoms with Crippen LogP contribution in [0.3, 0.4) is 0 Å². The molecule has 8 heavy (non-hydrogen) atoms. The SMILES string of the molecule is ONCc1cnsc1. The maximum absolute atomic E-state index is 8.16. The summed E-state index contributed by atoms with van der Waals surface area (Å²) in [6.07, 6.45) is 1.72. The Hall–Kier alpha value is -0.450. The van der Waals surface area contributed by atoms with Gasteiger partial charge in [-0.1, -0.05) is 0 Å². The summed E-state index contributed by atoms with van der Waals surface area (Å²) in [6, 6.07) is 0.